The number of thioether (sulfide) groups is 2. The fourth-order valence-electron chi connectivity index (χ4n) is 2.62. The van der Waals surface area contributed by atoms with Gasteiger partial charge >= 0.3 is 0 Å². The molecule has 4 rings (SSSR count). The Morgan fingerprint density at radius 3 is 2.63 bits per heavy atom. The van der Waals surface area contributed by atoms with Crippen LogP contribution in [0.4, 0.5) is 5.69 Å². The number of aryl methyl sites for hydroxylation is 1. The number of H-pyrrole nitrogens is 1. The van der Waals surface area contributed by atoms with E-state index in [0.29, 0.717) is 9.73 Å². The molecule has 1 amide bonds. The minimum atomic E-state index is -0.409. The van der Waals surface area contributed by atoms with Gasteiger partial charge in [-0.25, -0.2) is 0 Å². The maximum atomic E-state index is 12.1. The van der Waals surface area contributed by atoms with Crippen LogP contribution in [0.3, 0.4) is 0 Å². The highest BCUT2D eigenvalue weighted by Crippen LogP contribution is 2.35. The second-order valence-corrected chi connectivity index (χ2v) is 9.78. The molecule has 0 spiro atoms. The molecule has 0 bridgehead atoms. The average Bonchev–Trinajstić information content (AvgIpc) is 3.33. The molecule has 0 fully saturated rings. The molecule has 4 aromatic rings. The number of aromatic nitrogens is 3. The van der Waals surface area contributed by atoms with Crippen LogP contribution in [0, 0.1) is 6.92 Å². The highest BCUT2D eigenvalue weighted by atomic mass is 32.2. The SMILES string of the molecule is Cc1ccc(CSc2nnc(SCC(=O)N=Nc3c(O)[nH]c4ccccc34)s2)cc1. The number of carbonyl (C=O) groups excluding carboxylic acids is 1. The summed E-state index contributed by atoms with van der Waals surface area (Å²) in [6.45, 7) is 2.06. The van der Waals surface area contributed by atoms with Crippen molar-refractivity contribution in [3.8, 4) is 5.88 Å². The lowest BCUT2D eigenvalue weighted by Gasteiger charge is -1.98. The standard InChI is InChI=1S/C20H17N5O2S3/c1-12-6-8-13(9-7-12)10-28-19-24-25-20(30-19)29-11-16(26)22-23-17-14-4-2-3-5-15(14)21-18(17)27/h2-9,21,27H,10-11H2,1H3. The van der Waals surface area contributed by atoms with Crippen molar-refractivity contribution in [2.24, 2.45) is 10.2 Å². The third-order valence-electron chi connectivity index (χ3n) is 4.11. The first-order chi connectivity index (χ1) is 14.6. The second kappa shape index (κ2) is 9.41. The monoisotopic (exact) mass is 455 g/mol. The van der Waals surface area contributed by atoms with Gasteiger partial charge in [0.2, 0.25) is 5.88 Å². The van der Waals surface area contributed by atoms with E-state index in [1.54, 1.807) is 17.8 Å². The van der Waals surface area contributed by atoms with Crippen LogP contribution in [0.15, 0.2) is 67.4 Å². The Morgan fingerprint density at radius 1 is 1.10 bits per heavy atom. The van der Waals surface area contributed by atoms with Gasteiger partial charge in [0.05, 0.1) is 11.3 Å². The van der Waals surface area contributed by atoms with Crippen molar-refractivity contribution < 1.29 is 9.90 Å². The number of azo groups is 1. The van der Waals surface area contributed by atoms with E-state index >= 15 is 0 Å². The maximum absolute atomic E-state index is 12.1. The first-order valence-electron chi connectivity index (χ1n) is 8.97. The quantitative estimate of drug-likeness (QED) is 0.272. The number of aromatic hydroxyl groups is 1. The molecule has 0 unspecified atom stereocenters. The van der Waals surface area contributed by atoms with Gasteiger partial charge in [-0.05, 0) is 18.6 Å². The average molecular weight is 456 g/mol. The lowest BCUT2D eigenvalue weighted by atomic mass is 10.2. The van der Waals surface area contributed by atoms with Gasteiger partial charge < -0.3 is 10.1 Å². The minimum Gasteiger partial charge on any atom is -0.493 e. The Morgan fingerprint density at radius 2 is 1.83 bits per heavy atom. The van der Waals surface area contributed by atoms with Gasteiger partial charge in [0.15, 0.2) is 14.4 Å². The number of rotatable bonds is 7. The Kier molecular flexibility index (Phi) is 6.46. The summed E-state index contributed by atoms with van der Waals surface area (Å²) in [5, 5.41) is 26.6. The number of hydrogen-bond donors (Lipinski definition) is 2. The van der Waals surface area contributed by atoms with Crippen LogP contribution in [0.5, 0.6) is 5.88 Å². The summed E-state index contributed by atoms with van der Waals surface area (Å²) in [5.41, 5.74) is 3.45. The lowest BCUT2D eigenvalue weighted by molar-refractivity contribution is -0.115. The Hall–Kier alpha value is -2.69. The van der Waals surface area contributed by atoms with Crippen molar-refractivity contribution >= 4 is 57.4 Å². The summed E-state index contributed by atoms with van der Waals surface area (Å²) in [7, 11) is 0. The third kappa shape index (κ3) is 5.07. The van der Waals surface area contributed by atoms with Crippen molar-refractivity contribution in [1.82, 2.24) is 15.2 Å². The molecule has 2 heterocycles. The summed E-state index contributed by atoms with van der Waals surface area (Å²) < 4.78 is 1.57. The molecule has 30 heavy (non-hydrogen) atoms. The molecule has 0 aliphatic heterocycles. The molecule has 7 nitrogen and oxygen atoms in total. The van der Waals surface area contributed by atoms with Crippen LogP contribution < -0.4 is 0 Å². The number of nitrogens with one attached hydrogen (secondary N) is 1. The zero-order valence-electron chi connectivity index (χ0n) is 15.9. The van der Waals surface area contributed by atoms with E-state index in [0.717, 1.165) is 15.6 Å². The Labute approximate surface area is 185 Å². The molecule has 10 heteroatoms. The molecular formula is C20H17N5O2S3. The smallest absolute Gasteiger partial charge is 0.275 e. The first kappa shape index (κ1) is 20.6. The normalized spacial score (nSPS) is 11.5. The number of amides is 1. The fourth-order valence-corrected chi connectivity index (χ4v) is 5.37. The molecule has 0 saturated carbocycles. The van der Waals surface area contributed by atoms with Crippen LogP contribution in [0.25, 0.3) is 10.9 Å². The Bertz CT molecular complexity index is 1200. The van der Waals surface area contributed by atoms with Crippen LogP contribution in [-0.4, -0.2) is 31.9 Å². The molecule has 0 saturated heterocycles. The van der Waals surface area contributed by atoms with E-state index in [4.69, 9.17) is 0 Å². The summed E-state index contributed by atoms with van der Waals surface area (Å²) in [6, 6.07) is 15.7. The van der Waals surface area contributed by atoms with Crippen molar-refractivity contribution in [2.45, 2.75) is 21.4 Å². The van der Waals surface area contributed by atoms with Gasteiger partial charge in [-0.1, -0.05) is 82.9 Å². The minimum absolute atomic E-state index is 0.101. The third-order valence-corrected chi connectivity index (χ3v) is 7.36. The van der Waals surface area contributed by atoms with E-state index in [2.05, 4.69) is 56.6 Å². The van der Waals surface area contributed by atoms with Gasteiger partial charge in [-0.3, -0.25) is 4.79 Å². The number of para-hydroxylation sites is 1. The topological polar surface area (TPSA) is 104 Å². The molecule has 0 radical (unpaired) electrons. The van der Waals surface area contributed by atoms with Crippen molar-refractivity contribution in [3.63, 3.8) is 0 Å². The molecule has 0 aliphatic carbocycles. The summed E-state index contributed by atoms with van der Waals surface area (Å²) >= 11 is 4.35. The lowest BCUT2D eigenvalue weighted by Crippen LogP contribution is -1.95. The van der Waals surface area contributed by atoms with Crippen molar-refractivity contribution in [3.05, 3.63) is 59.7 Å². The van der Waals surface area contributed by atoms with Gasteiger partial charge in [0.25, 0.3) is 5.91 Å². The van der Waals surface area contributed by atoms with E-state index in [1.165, 1.54) is 34.2 Å². The van der Waals surface area contributed by atoms with Gasteiger partial charge in [0, 0.05) is 11.1 Å². The summed E-state index contributed by atoms with van der Waals surface area (Å²) in [5.74, 6) is 0.401. The van der Waals surface area contributed by atoms with E-state index < -0.39 is 5.91 Å². The van der Waals surface area contributed by atoms with Gasteiger partial charge in [0.1, 0.15) is 0 Å². The molecule has 2 aromatic heterocycles. The van der Waals surface area contributed by atoms with Crippen molar-refractivity contribution in [2.75, 3.05) is 5.75 Å². The second-order valence-electron chi connectivity index (χ2n) is 6.36. The summed E-state index contributed by atoms with van der Waals surface area (Å²) in [4.78, 5) is 14.9. The molecule has 152 valence electrons. The molecule has 0 aliphatic rings. The number of nitrogens with zero attached hydrogens (tertiary/aromatic N) is 4. The number of carbonyl (C=O) groups is 1. The number of benzene rings is 2. The van der Waals surface area contributed by atoms with E-state index in [-0.39, 0.29) is 17.3 Å². The van der Waals surface area contributed by atoms with Crippen LogP contribution >= 0.6 is 34.9 Å². The molecular weight excluding hydrogens is 438 g/mol. The molecule has 2 aromatic carbocycles. The van der Waals surface area contributed by atoms with Gasteiger partial charge in [-0.2, -0.15) is 0 Å². The number of aromatic amines is 1. The highest BCUT2D eigenvalue weighted by Gasteiger charge is 2.12. The largest absolute Gasteiger partial charge is 0.493 e. The van der Waals surface area contributed by atoms with Crippen LogP contribution in [-0.2, 0) is 10.5 Å². The number of hydrogen-bond acceptors (Lipinski definition) is 8. The molecule has 2 N–H and O–H groups in total. The predicted molar refractivity (Wildman–Crippen MR) is 121 cm³/mol. The fraction of sp³-hybridized carbons (Fsp3) is 0.150. The van der Waals surface area contributed by atoms with Crippen molar-refractivity contribution in [1.29, 1.82) is 0 Å². The van der Waals surface area contributed by atoms with E-state index in [1.807, 2.05) is 18.2 Å². The van der Waals surface area contributed by atoms with Crippen LogP contribution in [0.2, 0.25) is 0 Å². The molecule has 0 atom stereocenters. The highest BCUT2D eigenvalue weighted by molar-refractivity contribution is 8.03. The maximum Gasteiger partial charge on any atom is 0.275 e. The summed E-state index contributed by atoms with van der Waals surface area (Å²) in [6.07, 6.45) is 0. The van der Waals surface area contributed by atoms with Crippen LogP contribution in [0.1, 0.15) is 11.1 Å². The zero-order valence-corrected chi connectivity index (χ0v) is 18.4. The Balaban J connectivity index is 1.30. The number of fused-ring (bicyclic) bond motifs is 1. The van der Waals surface area contributed by atoms with Gasteiger partial charge in [-0.15, -0.1) is 20.4 Å². The van der Waals surface area contributed by atoms with E-state index in [9.17, 15) is 9.90 Å². The first-order valence-corrected chi connectivity index (χ1v) is 11.8. The predicted octanol–water partition coefficient (Wildman–Crippen LogP) is 5.73. The zero-order chi connectivity index (χ0) is 20.9.